The van der Waals surface area contributed by atoms with Gasteiger partial charge in [-0.25, -0.2) is 14.2 Å². The van der Waals surface area contributed by atoms with Gasteiger partial charge in [-0.2, -0.15) is 5.10 Å². The van der Waals surface area contributed by atoms with Crippen LogP contribution in [0.4, 0.5) is 8.78 Å². The third kappa shape index (κ3) is 3.39. The second kappa shape index (κ2) is 6.25. The van der Waals surface area contributed by atoms with Crippen molar-refractivity contribution in [1.82, 2.24) is 5.43 Å². The number of hydrogen-bond donors (Lipinski definition) is 1. The van der Waals surface area contributed by atoms with Crippen LogP contribution in [-0.4, -0.2) is 12.1 Å². The number of nitrogens with one attached hydrogen (secondary N) is 1. The maximum Gasteiger partial charge on any atom is 0.271 e. The molecule has 0 aliphatic carbocycles. The van der Waals surface area contributed by atoms with Gasteiger partial charge in [-0.3, -0.25) is 4.79 Å². The molecule has 0 atom stereocenters. The number of halogens is 3. The van der Waals surface area contributed by atoms with E-state index in [0.29, 0.717) is 0 Å². The molecule has 1 N–H and O–H groups in total. The summed E-state index contributed by atoms with van der Waals surface area (Å²) in [5.74, 6) is -1.52. The van der Waals surface area contributed by atoms with Crippen molar-refractivity contribution in [1.29, 1.82) is 0 Å². The third-order valence-electron chi connectivity index (χ3n) is 2.47. The Labute approximate surface area is 118 Å². The largest absolute Gasteiger partial charge is 0.271 e. The fraction of sp³-hybridized carbons (Fsp3) is 0. The minimum absolute atomic E-state index is 0.0774. The Morgan fingerprint density at radius 3 is 2.50 bits per heavy atom. The fourth-order valence-electron chi connectivity index (χ4n) is 1.46. The molecule has 1 amide bonds. The van der Waals surface area contributed by atoms with E-state index in [1.807, 2.05) is 0 Å². The highest BCUT2D eigenvalue weighted by molar-refractivity contribution is 6.33. The lowest BCUT2D eigenvalue weighted by molar-refractivity contribution is 0.0955. The first-order chi connectivity index (χ1) is 9.58. The van der Waals surface area contributed by atoms with Crippen molar-refractivity contribution in [3.05, 3.63) is 70.2 Å². The Morgan fingerprint density at radius 2 is 1.85 bits per heavy atom. The highest BCUT2D eigenvalue weighted by atomic mass is 35.5. The van der Waals surface area contributed by atoms with E-state index in [-0.39, 0.29) is 16.1 Å². The van der Waals surface area contributed by atoms with Gasteiger partial charge in [0.2, 0.25) is 0 Å². The van der Waals surface area contributed by atoms with Crippen LogP contribution in [0.5, 0.6) is 0 Å². The second-order valence-corrected chi connectivity index (χ2v) is 4.25. The third-order valence-corrected chi connectivity index (χ3v) is 2.80. The lowest BCUT2D eigenvalue weighted by Crippen LogP contribution is -2.17. The Bertz CT molecular complexity index is 636. The maximum atomic E-state index is 13.4. The first kappa shape index (κ1) is 14.1. The van der Waals surface area contributed by atoms with Gasteiger partial charge in [0.15, 0.2) is 0 Å². The normalized spacial score (nSPS) is 10.8. The average molecular weight is 295 g/mol. The van der Waals surface area contributed by atoms with Gasteiger partial charge in [0.05, 0.1) is 11.2 Å². The van der Waals surface area contributed by atoms with Crippen molar-refractivity contribution in [3.8, 4) is 0 Å². The number of carbonyl (C=O) groups excluding carboxylic acids is 1. The van der Waals surface area contributed by atoms with Crippen LogP contribution in [0.15, 0.2) is 47.6 Å². The fourth-order valence-corrected chi connectivity index (χ4v) is 1.67. The molecular formula is C14H9ClF2N2O. The van der Waals surface area contributed by atoms with E-state index in [1.165, 1.54) is 30.3 Å². The number of nitrogens with zero attached hydrogens (tertiary/aromatic N) is 1. The summed E-state index contributed by atoms with van der Waals surface area (Å²) in [6.45, 7) is 0. The molecule has 0 radical (unpaired) electrons. The smallest absolute Gasteiger partial charge is 0.267 e. The highest BCUT2D eigenvalue weighted by Crippen LogP contribution is 2.16. The van der Waals surface area contributed by atoms with Crippen LogP contribution in [0.3, 0.4) is 0 Å². The van der Waals surface area contributed by atoms with Crippen molar-refractivity contribution in [2.45, 2.75) is 0 Å². The molecule has 0 spiro atoms. The standard InChI is InChI=1S/C14H9ClF2N2O/c15-12-2-1-3-13(17)11(12)8-18-19-14(20)9-4-6-10(16)7-5-9/h1-8H,(H,19,20)/b18-8+. The minimum atomic E-state index is -0.544. The first-order valence-electron chi connectivity index (χ1n) is 5.61. The summed E-state index contributed by atoms with van der Waals surface area (Å²) in [7, 11) is 0. The van der Waals surface area contributed by atoms with Gasteiger partial charge in [0, 0.05) is 11.1 Å². The zero-order valence-electron chi connectivity index (χ0n) is 10.1. The molecule has 0 aliphatic heterocycles. The predicted molar refractivity (Wildman–Crippen MR) is 72.9 cm³/mol. The number of amides is 1. The van der Waals surface area contributed by atoms with E-state index in [9.17, 15) is 13.6 Å². The Hall–Kier alpha value is -2.27. The van der Waals surface area contributed by atoms with Crippen molar-refractivity contribution in [2.24, 2.45) is 5.10 Å². The van der Waals surface area contributed by atoms with E-state index in [1.54, 1.807) is 0 Å². The van der Waals surface area contributed by atoms with E-state index in [4.69, 9.17) is 11.6 Å². The van der Waals surface area contributed by atoms with Gasteiger partial charge in [0.1, 0.15) is 11.6 Å². The van der Waals surface area contributed by atoms with E-state index >= 15 is 0 Å². The van der Waals surface area contributed by atoms with Gasteiger partial charge in [-0.1, -0.05) is 17.7 Å². The molecule has 2 rings (SSSR count). The van der Waals surface area contributed by atoms with Crippen molar-refractivity contribution in [3.63, 3.8) is 0 Å². The summed E-state index contributed by atoms with van der Waals surface area (Å²) in [5, 5.41) is 3.80. The summed E-state index contributed by atoms with van der Waals surface area (Å²) in [6.07, 6.45) is 1.11. The summed E-state index contributed by atoms with van der Waals surface area (Å²) in [4.78, 5) is 11.6. The molecule has 0 saturated heterocycles. The molecule has 6 heteroatoms. The van der Waals surface area contributed by atoms with Gasteiger partial charge in [-0.15, -0.1) is 0 Å². The molecule has 2 aromatic carbocycles. The summed E-state index contributed by atoms with van der Waals surface area (Å²) < 4.78 is 26.1. The number of benzene rings is 2. The van der Waals surface area contributed by atoms with E-state index in [2.05, 4.69) is 10.5 Å². The van der Waals surface area contributed by atoms with Crippen molar-refractivity contribution < 1.29 is 13.6 Å². The van der Waals surface area contributed by atoms with Crippen LogP contribution in [0.1, 0.15) is 15.9 Å². The van der Waals surface area contributed by atoms with Crippen LogP contribution >= 0.6 is 11.6 Å². The number of rotatable bonds is 3. The second-order valence-electron chi connectivity index (χ2n) is 3.84. The van der Waals surface area contributed by atoms with Gasteiger partial charge < -0.3 is 0 Å². The monoisotopic (exact) mass is 294 g/mol. The first-order valence-corrected chi connectivity index (χ1v) is 5.98. The van der Waals surface area contributed by atoms with Gasteiger partial charge >= 0.3 is 0 Å². The number of hydrazone groups is 1. The molecular weight excluding hydrogens is 286 g/mol. The molecule has 0 unspecified atom stereocenters. The number of hydrogen-bond acceptors (Lipinski definition) is 2. The Balaban J connectivity index is 2.06. The zero-order chi connectivity index (χ0) is 14.5. The molecule has 20 heavy (non-hydrogen) atoms. The van der Waals surface area contributed by atoms with Crippen LogP contribution in [0.25, 0.3) is 0 Å². The molecule has 0 heterocycles. The summed E-state index contributed by atoms with van der Waals surface area (Å²) in [5.41, 5.74) is 2.52. The quantitative estimate of drug-likeness (QED) is 0.684. The predicted octanol–water partition coefficient (Wildman–Crippen LogP) is 3.38. The molecule has 0 bridgehead atoms. The molecule has 0 fully saturated rings. The van der Waals surface area contributed by atoms with Crippen LogP contribution in [0.2, 0.25) is 5.02 Å². The average Bonchev–Trinajstić information content (AvgIpc) is 2.42. The molecule has 2 aromatic rings. The Morgan fingerprint density at radius 1 is 1.15 bits per heavy atom. The maximum absolute atomic E-state index is 13.4. The lowest BCUT2D eigenvalue weighted by Gasteiger charge is -2.01. The molecule has 0 saturated carbocycles. The van der Waals surface area contributed by atoms with E-state index < -0.39 is 17.5 Å². The van der Waals surface area contributed by atoms with Crippen LogP contribution in [-0.2, 0) is 0 Å². The van der Waals surface area contributed by atoms with Gasteiger partial charge in [0.25, 0.3) is 5.91 Å². The van der Waals surface area contributed by atoms with Gasteiger partial charge in [-0.05, 0) is 36.4 Å². The summed E-state index contributed by atoms with van der Waals surface area (Å²) in [6, 6.07) is 9.15. The molecule has 0 aliphatic rings. The zero-order valence-corrected chi connectivity index (χ0v) is 10.9. The van der Waals surface area contributed by atoms with Crippen LogP contribution in [0, 0.1) is 11.6 Å². The topological polar surface area (TPSA) is 41.5 Å². The SMILES string of the molecule is O=C(N/N=C/c1c(F)cccc1Cl)c1ccc(F)cc1. The lowest BCUT2D eigenvalue weighted by atomic mass is 10.2. The Kier molecular flexibility index (Phi) is 4.42. The van der Waals surface area contributed by atoms with Crippen molar-refractivity contribution in [2.75, 3.05) is 0 Å². The highest BCUT2D eigenvalue weighted by Gasteiger charge is 2.05. The minimum Gasteiger partial charge on any atom is -0.267 e. The van der Waals surface area contributed by atoms with Crippen molar-refractivity contribution >= 4 is 23.7 Å². The summed E-state index contributed by atoms with van der Waals surface area (Å²) >= 11 is 5.79. The molecule has 102 valence electrons. The number of carbonyl (C=O) groups is 1. The molecule has 0 aromatic heterocycles. The van der Waals surface area contributed by atoms with Crippen LogP contribution < -0.4 is 5.43 Å². The van der Waals surface area contributed by atoms with E-state index in [0.717, 1.165) is 18.3 Å². The molecule has 3 nitrogen and oxygen atoms in total.